The molecule has 0 N–H and O–H groups in total. The lowest BCUT2D eigenvalue weighted by Crippen LogP contribution is -2.38. The zero-order valence-electron chi connectivity index (χ0n) is 11.7. The van der Waals surface area contributed by atoms with Gasteiger partial charge in [0.25, 0.3) is 0 Å². The van der Waals surface area contributed by atoms with E-state index >= 15 is 0 Å². The Morgan fingerprint density at radius 1 is 1.17 bits per heavy atom. The first-order chi connectivity index (χ1) is 8.74. The van der Waals surface area contributed by atoms with Gasteiger partial charge in [-0.25, -0.2) is 0 Å². The lowest BCUT2D eigenvalue weighted by molar-refractivity contribution is -0.130. The summed E-state index contributed by atoms with van der Waals surface area (Å²) in [5, 5.41) is 1.05. The molecule has 0 aliphatic carbocycles. The van der Waals surface area contributed by atoms with Gasteiger partial charge in [0.15, 0.2) is 0 Å². The molecule has 1 heterocycles. The lowest BCUT2D eigenvalue weighted by atomic mass is 10.1. The Labute approximate surface area is 120 Å². The molecule has 1 fully saturated rings. The molecular weight excluding hydrogens is 292 g/mol. The van der Waals surface area contributed by atoms with Crippen LogP contribution in [0.4, 0.5) is 0 Å². The molecule has 1 amide bonds. The topological polar surface area (TPSA) is 23.6 Å². The van der Waals surface area contributed by atoms with E-state index in [1.165, 1.54) is 38.8 Å². The smallest absolute Gasteiger partial charge is 0.222 e. The van der Waals surface area contributed by atoms with Crippen molar-refractivity contribution in [2.45, 2.75) is 44.9 Å². The Morgan fingerprint density at radius 2 is 1.89 bits per heavy atom. The van der Waals surface area contributed by atoms with E-state index < -0.39 is 0 Å². The highest BCUT2D eigenvalue weighted by atomic mass is 79.9. The normalized spacial score (nSPS) is 16.8. The van der Waals surface area contributed by atoms with Crippen LogP contribution in [0, 0.1) is 0 Å². The number of nitrogens with zero attached hydrogens (tertiary/aromatic N) is 2. The van der Waals surface area contributed by atoms with E-state index in [9.17, 15) is 4.79 Å². The van der Waals surface area contributed by atoms with Crippen LogP contribution in [0.15, 0.2) is 0 Å². The van der Waals surface area contributed by atoms with E-state index in [-0.39, 0.29) is 0 Å². The first-order valence-electron chi connectivity index (χ1n) is 7.26. The van der Waals surface area contributed by atoms with Crippen molar-refractivity contribution in [1.82, 2.24) is 9.80 Å². The molecule has 0 aromatic carbocycles. The van der Waals surface area contributed by atoms with Crippen LogP contribution in [0.3, 0.4) is 0 Å². The number of carbonyl (C=O) groups excluding carboxylic acids is 1. The number of hydrogen-bond acceptors (Lipinski definition) is 2. The van der Waals surface area contributed by atoms with Crippen LogP contribution in [-0.4, -0.2) is 54.3 Å². The number of piperidine rings is 1. The van der Waals surface area contributed by atoms with Gasteiger partial charge in [0, 0.05) is 31.9 Å². The van der Waals surface area contributed by atoms with Gasteiger partial charge < -0.3 is 9.80 Å². The van der Waals surface area contributed by atoms with Crippen molar-refractivity contribution in [2.24, 2.45) is 0 Å². The van der Waals surface area contributed by atoms with Gasteiger partial charge in [-0.15, -0.1) is 0 Å². The van der Waals surface area contributed by atoms with Gasteiger partial charge in [-0.1, -0.05) is 28.8 Å². The quantitative estimate of drug-likeness (QED) is 0.507. The fourth-order valence-corrected chi connectivity index (χ4v) is 2.73. The average molecular weight is 319 g/mol. The van der Waals surface area contributed by atoms with Crippen LogP contribution in [0.5, 0.6) is 0 Å². The molecule has 0 aromatic rings. The van der Waals surface area contributed by atoms with E-state index in [4.69, 9.17) is 0 Å². The minimum absolute atomic E-state index is 0.307. The maximum Gasteiger partial charge on any atom is 0.222 e. The summed E-state index contributed by atoms with van der Waals surface area (Å²) in [7, 11) is 1.94. The van der Waals surface area contributed by atoms with Gasteiger partial charge in [-0.3, -0.25) is 4.79 Å². The van der Waals surface area contributed by atoms with Crippen LogP contribution in [-0.2, 0) is 4.79 Å². The van der Waals surface area contributed by atoms with Crippen molar-refractivity contribution < 1.29 is 4.79 Å². The maximum atomic E-state index is 11.9. The molecule has 0 radical (unpaired) electrons. The van der Waals surface area contributed by atoms with Crippen molar-refractivity contribution >= 4 is 21.8 Å². The van der Waals surface area contributed by atoms with Gasteiger partial charge >= 0.3 is 0 Å². The van der Waals surface area contributed by atoms with Crippen molar-refractivity contribution in [2.75, 3.05) is 38.6 Å². The second-order valence-electron chi connectivity index (χ2n) is 5.22. The minimum Gasteiger partial charge on any atom is -0.344 e. The van der Waals surface area contributed by atoms with Gasteiger partial charge in [-0.2, -0.15) is 0 Å². The number of likely N-dealkylation sites (tertiary alicyclic amines) is 1. The summed E-state index contributed by atoms with van der Waals surface area (Å²) in [4.78, 5) is 16.3. The zero-order chi connectivity index (χ0) is 13.2. The van der Waals surface area contributed by atoms with E-state index in [1.807, 2.05) is 11.9 Å². The molecule has 1 saturated heterocycles. The van der Waals surface area contributed by atoms with E-state index in [1.54, 1.807) is 0 Å². The number of amides is 1. The largest absolute Gasteiger partial charge is 0.344 e. The van der Waals surface area contributed by atoms with E-state index in [2.05, 4.69) is 20.8 Å². The third-order valence-corrected chi connectivity index (χ3v) is 4.21. The molecule has 0 atom stereocenters. The summed E-state index contributed by atoms with van der Waals surface area (Å²) in [5.74, 6) is 0.307. The number of alkyl halides is 1. The first kappa shape index (κ1) is 16.0. The van der Waals surface area contributed by atoms with E-state index in [0.717, 1.165) is 31.3 Å². The fourth-order valence-electron chi connectivity index (χ4n) is 2.34. The number of hydrogen-bond donors (Lipinski definition) is 0. The number of carbonyl (C=O) groups is 1. The van der Waals surface area contributed by atoms with Gasteiger partial charge in [-0.05, 0) is 38.8 Å². The average Bonchev–Trinajstić information content (AvgIpc) is 2.42. The second kappa shape index (κ2) is 9.79. The SMILES string of the molecule is CN(CCN1CCCCC1)C(=O)CCCCCBr. The second-order valence-corrected chi connectivity index (χ2v) is 6.01. The van der Waals surface area contributed by atoms with Crippen molar-refractivity contribution in [3.8, 4) is 0 Å². The third kappa shape index (κ3) is 6.74. The third-order valence-electron chi connectivity index (χ3n) is 3.65. The van der Waals surface area contributed by atoms with Crippen molar-refractivity contribution in [3.05, 3.63) is 0 Å². The molecule has 106 valence electrons. The minimum atomic E-state index is 0.307. The predicted molar refractivity (Wildman–Crippen MR) is 80.2 cm³/mol. The summed E-state index contributed by atoms with van der Waals surface area (Å²) in [6.45, 7) is 4.36. The highest BCUT2D eigenvalue weighted by Gasteiger charge is 2.12. The number of rotatable bonds is 8. The molecule has 3 nitrogen and oxygen atoms in total. The molecule has 0 unspecified atom stereocenters. The summed E-state index contributed by atoms with van der Waals surface area (Å²) in [6, 6.07) is 0. The Morgan fingerprint density at radius 3 is 2.56 bits per heavy atom. The van der Waals surface area contributed by atoms with Crippen molar-refractivity contribution in [1.29, 1.82) is 0 Å². The Hall–Kier alpha value is -0.0900. The predicted octanol–water partition coefficient (Wildman–Crippen LogP) is 2.89. The summed E-state index contributed by atoms with van der Waals surface area (Å²) < 4.78 is 0. The summed E-state index contributed by atoms with van der Waals surface area (Å²) in [5.41, 5.74) is 0. The number of unbranched alkanes of at least 4 members (excludes halogenated alkanes) is 2. The van der Waals surface area contributed by atoms with Crippen molar-refractivity contribution in [3.63, 3.8) is 0 Å². The Bertz CT molecular complexity index is 230. The zero-order valence-corrected chi connectivity index (χ0v) is 13.3. The number of halogens is 1. The van der Waals surface area contributed by atoms with Crippen LogP contribution in [0.1, 0.15) is 44.9 Å². The molecule has 0 saturated carbocycles. The molecule has 0 spiro atoms. The van der Waals surface area contributed by atoms with Gasteiger partial charge in [0.1, 0.15) is 0 Å². The monoisotopic (exact) mass is 318 g/mol. The molecule has 1 rings (SSSR count). The highest BCUT2D eigenvalue weighted by Crippen LogP contribution is 2.08. The fraction of sp³-hybridized carbons (Fsp3) is 0.929. The first-order valence-corrected chi connectivity index (χ1v) is 8.38. The summed E-state index contributed by atoms with van der Waals surface area (Å²) >= 11 is 3.41. The Balaban J connectivity index is 2.07. The van der Waals surface area contributed by atoms with Gasteiger partial charge in [0.05, 0.1) is 0 Å². The number of likely N-dealkylation sites (N-methyl/N-ethyl adjacent to an activating group) is 1. The van der Waals surface area contributed by atoms with Crippen LogP contribution >= 0.6 is 15.9 Å². The molecule has 18 heavy (non-hydrogen) atoms. The standard InChI is InChI=1S/C14H27BrN2O/c1-16(14(18)8-4-2-5-9-15)12-13-17-10-6-3-7-11-17/h2-13H2,1H3. The molecule has 1 aliphatic rings. The highest BCUT2D eigenvalue weighted by molar-refractivity contribution is 9.09. The van der Waals surface area contributed by atoms with Gasteiger partial charge in [0.2, 0.25) is 5.91 Å². The molecule has 0 aromatic heterocycles. The van der Waals surface area contributed by atoms with E-state index in [0.29, 0.717) is 12.3 Å². The molecule has 1 aliphatic heterocycles. The van der Waals surface area contributed by atoms with Crippen LogP contribution in [0.2, 0.25) is 0 Å². The molecule has 4 heteroatoms. The summed E-state index contributed by atoms with van der Waals surface area (Å²) in [6.07, 6.45) is 8.08. The maximum absolute atomic E-state index is 11.9. The van der Waals surface area contributed by atoms with Crippen LogP contribution < -0.4 is 0 Å². The molecule has 0 bridgehead atoms. The lowest BCUT2D eigenvalue weighted by Gasteiger charge is -2.28. The van der Waals surface area contributed by atoms with Crippen LogP contribution in [0.25, 0.3) is 0 Å². The Kier molecular flexibility index (Phi) is 8.68. The molecular formula is C14H27BrN2O.